The average Bonchev–Trinajstić information content (AvgIpc) is 2.65. The zero-order chi connectivity index (χ0) is 17.6. The van der Waals surface area contributed by atoms with Crippen LogP contribution in [0.25, 0.3) is 10.9 Å². The van der Waals surface area contributed by atoms with Crippen molar-refractivity contribution in [2.24, 2.45) is 0 Å². The number of carbonyl (C=O) groups excluding carboxylic acids is 2. The van der Waals surface area contributed by atoms with Crippen molar-refractivity contribution in [2.75, 3.05) is 11.4 Å². The lowest BCUT2D eigenvalue weighted by atomic mass is 10.1. The lowest BCUT2D eigenvalue weighted by Crippen LogP contribution is -2.39. The summed E-state index contributed by atoms with van der Waals surface area (Å²) in [5.74, 6) is -0.457. The molecule has 1 aromatic carbocycles. The molecule has 0 spiro atoms. The number of amides is 2. The highest BCUT2D eigenvalue weighted by molar-refractivity contribution is 6.04. The molecule has 3 rings (SSSR count). The normalized spacial score (nSPS) is 10.4. The lowest BCUT2D eigenvalue weighted by Gasteiger charge is -2.21. The number of hydrogen-bond donors (Lipinski definition) is 1. The number of benzene rings is 1. The van der Waals surface area contributed by atoms with E-state index in [1.807, 2.05) is 36.4 Å². The van der Waals surface area contributed by atoms with Gasteiger partial charge in [-0.3, -0.25) is 19.6 Å². The van der Waals surface area contributed by atoms with Crippen LogP contribution in [0.3, 0.4) is 0 Å². The SMILES string of the molecule is CC(=O)N(CC(=O)NCc1cccnc1)c1cccc2cccnc12. The van der Waals surface area contributed by atoms with E-state index in [9.17, 15) is 9.59 Å². The molecule has 6 heteroatoms. The second kappa shape index (κ2) is 7.53. The van der Waals surface area contributed by atoms with Gasteiger partial charge in [0, 0.05) is 37.4 Å². The summed E-state index contributed by atoms with van der Waals surface area (Å²) < 4.78 is 0. The highest BCUT2D eigenvalue weighted by Crippen LogP contribution is 2.24. The quantitative estimate of drug-likeness (QED) is 0.777. The van der Waals surface area contributed by atoms with Crippen molar-refractivity contribution in [1.82, 2.24) is 15.3 Å². The Bertz CT molecular complexity index is 891. The molecule has 126 valence electrons. The molecule has 25 heavy (non-hydrogen) atoms. The summed E-state index contributed by atoms with van der Waals surface area (Å²) in [7, 11) is 0. The highest BCUT2D eigenvalue weighted by Gasteiger charge is 2.18. The first-order chi connectivity index (χ1) is 12.1. The van der Waals surface area contributed by atoms with Crippen molar-refractivity contribution in [3.05, 3.63) is 66.6 Å². The fourth-order valence-electron chi connectivity index (χ4n) is 2.57. The van der Waals surface area contributed by atoms with Gasteiger partial charge in [-0.2, -0.15) is 0 Å². The van der Waals surface area contributed by atoms with E-state index in [1.165, 1.54) is 11.8 Å². The van der Waals surface area contributed by atoms with Crippen molar-refractivity contribution < 1.29 is 9.59 Å². The van der Waals surface area contributed by atoms with E-state index < -0.39 is 0 Å². The highest BCUT2D eigenvalue weighted by atomic mass is 16.2. The maximum Gasteiger partial charge on any atom is 0.240 e. The summed E-state index contributed by atoms with van der Waals surface area (Å²) in [6, 6.07) is 13.0. The van der Waals surface area contributed by atoms with Crippen LogP contribution in [0.5, 0.6) is 0 Å². The van der Waals surface area contributed by atoms with Crippen LogP contribution >= 0.6 is 0 Å². The van der Waals surface area contributed by atoms with E-state index >= 15 is 0 Å². The van der Waals surface area contributed by atoms with Crippen molar-refractivity contribution in [3.63, 3.8) is 0 Å². The minimum absolute atomic E-state index is 0.0642. The molecular formula is C19H18N4O2. The minimum Gasteiger partial charge on any atom is -0.350 e. The number of rotatable bonds is 5. The van der Waals surface area contributed by atoms with Gasteiger partial charge in [0.25, 0.3) is 0 Å². The molecule has 0 fully saturated rings. The Labute approximate surface area is 145 Å². The van der Waals surface area contributed by atoms with Crippen LogP contribution in [0, 0.1) is 0 Å². The molecule has 2 heterocycles. The molecule has 0 saturated carbocycles. The lowest BCUT2D eigenvalue weighted by molar-refractivity contribution is -0.123. The van der Waals surface area contributed by atoms with Gasteiger partial charge in [0.15, 0.2) is 0 Å². The molecule has 2 aromatic heterocycles. The average molecular weight is 334 g/mol. The van der Waals surface area contributed by atoms with Crippen LogP contribution in [0.4, 0.5) is 5.69 Å². The predicted octanol–water partition coefficient (Wildman–Crippen LogP) is 2.30. The molecule has 0 aliphatic carbocycles. The van der Waals surface area contributed by atoms with Gasteiger partial charge >= 0.3 is 0 Å². The van der Waals surface area contributed by atoms with Gasteiger partial charge in [0.05, 0.1) is 11.2 Å². The summed E-state index contributed by atoms with van der Waals surface area (Å²) in [6.45, 7) is 1.74. The Morgan fingerprint density at radius 2 is 1.88 bits per heavy atom. The van der Waals surface area contributed by atoms with Gasteiger partial charge in [0.1, 0.15) is 6.54 Å². The minimum atomic E-state index is -0.244. The van der Waals surface area contributed by atoms with E-state index in [4.69, 9.17) is 0 Å². The van der Waals surface area contributed by atoms with Crippen LogP contribution in [0.2, 0.25) is 0 Å². The molecule has 0 unspecified atom stereocenters. The summed E-state index contributed by atoms with van der Waals surface area (Å²) in [5, 5.41) is 3.73. The molecule has 0 saturated heterocycles. The largest absolute Gasteiger partial charge is 0.350 e. The van der Waals surface area contributed by atoms with Gasteiger partial charge in [-0.1, -0.05) is 24.3 Å². The topological polar surface area (TPSA) is 75.2 Å². The van der Waals surface area contributed by atoms with E-state index in [0.29, 0.717) is 17.7 Å². The van der Waals surface area contributed by atoms with Gasteiger partial charge in [-0.25, -0.2) is 0 Å². The Morgan fingerprint density at radius 1 is 1.08 bits per heavy atom. The van der Waals surface area contributed by atoms with Crippen molar-refractivity contribution in [2.45, 2.75) is 13.5 Å². The maximum absolute atomic E-state index is 12.3. The van der Waals surface area contributed by atoms with Crippen molar-refractivity contribution in [3.8, 4) is 0 Å². The number of aromatic nitrogens is 2. The first-order valence-corrected chi connectivity index (χ1v) is 7.92. The monoisotopic (exact) mass is 334 g/mol. The van der Waals surface area contributed by atoms with Crippen LogP contribution < -0.4 is 10.2 Å². The van der Waals surface area contributed by atoms with Crippen LogP contribution in [0.1, 0.15) is 12.5 Å². The molecule has 0 aliphatic rings. The molecule has 0 aliphatic heterocycles. The fourth-order valence-corrected chi connectivity index (χ4v) is 2.57. The molecule has 3 aromatic rings. The third-order valence-electron chi connectivity index (χ3n) is 3.80. The number of hydrogen-bond acceptors (Lipinski definition) is 4. The number of para-hydroxylation sites is 1. The number of pyridine rings is 2. The van der Waals surface area contributed by atoms with Crippen molar-refractivity contribution >= 4 is 28.4 Å². The Hall–Kier alpha value is -3.28. The summed E-state index contributed by atoms with van der Waals surface area (Å²) >= 11 is 0. The third kappa shape index (κ3) is 3.98. The van der Waals surface area contributed by atoms with Crippen LogP contribution in [-0.4, -0.2) is 28.3 Å². The van der Waals surface area contributed by atoms with Crippen LogP contribution in [-0.2, 0) is 16.1 Å². The summed E-state index contributed by atoms with van der Waals surface area (Å²) in [4.78, 5) is 34.2. The van der Waals surface area contributed by atoms with Crippen LogP contribution in [0.15, 0.2) is 61.1 Å². The van der Waals surface area contributed by atoms with E-state index in [0.717, 1.165) is 10.9 Å². The molecule has 2 amide bonds. The third-order valence-corrected chi connectivity index (χ3v) is 3.80. The second-order valence-electron chi connectivity index (χ2n) is 5.60. The summed E-state index contributed by atoms with van der Waals surface area (Å²) in [5.41, 5.74) is 2.22. The molecule has 0 radical (unpaired) electrons. The fraction of sp³-hybridized carbons (Fsp3) is 0.158. The standard InChI is InChI=1S/C19H18N4O2/c1-14(24)23(13-18(25)22-12-15-5-3-9-20-11-15)17-8-2-6-16-7-4-10-21-19(16)17/h2-11H,12-13H2,1H3,(H,22,25). The smallest absolute Gasteiger partial charge is 0.240 e. The number of fused-ring (bicyclic) bond motifs is 1. The zero-order valence-electron chi connectivity index (χ0n) is 13.8. The first-order valence-electron chi connectivity index (χ1n) is 7.92. The zero-order valence-corrected chi connectivity index (χ0v) is 13.8. The van der Waals surface area contributed by atoms with Gasteiger partial charge in [-0.15, -0.1) is 0 Å². The van der Waals surface area contributed by atoms with Gasteiger partial charge in [0.2, 0.25) is 11.8 Å². The number of nitrogens with one attached hydrogen (secondary N) is 1. The maximum atomic E-state index is 12.3. The molecule has 1 N–H and O–H groups in total. The van der Waals surface area contributed by atoms with E-state index in [1.54, 1.807) is 24.7 Å². The molecule has 6 nitrogen and oxygen atoms in total. The van der Waals surface area contributed by atoms with Gasteiger partial charge < -0.3 is 10.2 Å². The molecule has 0 bridgehead atoms. The number of carbonyl (C=O) groups is 2. The Kier molecular flexibility index (Phi) is 4.99. The summed E-state index contributed by atoms with van der Waals surface area (Å²) in [6.07, 6.45) is 5.04. The van der Waals surface area contributed by atoms with Gasteiger partial charge in [-0.05, 0) is 23.8 Å². The number of nitrogens with zero attached hydrogens (tertiary/aromatic N) is 3. The Morgan fingerprint density at radius 3 is 2.64 bits per heavy atom. The molecular weight excluding hydrogens is 316 g/mol. The van der Waals surface area contributed by atoms with Crippen molar-refractivity contribution in [1.29, 1.82) is 0 Å². The second-order valence-corrected chi connectivity index (χ2v) is 5.60. The van der Waals surface area contributed by atoms with E-state index in [2.05, 4.69) is 15.3 Å². The Balaban J connectivity index is 1.77. The van der Waals surface area contributed by atoms with E-state index in [-0.39, 0.29) is 18.4 Å². The first kappa shape index (κ1) is 16.6. The predicted molar refractivity (Wildman–Crippen MR) is 95.9 cm³/mol. The molecule has 0 atom stereocenters. The number of anilines is 1.